The van der Waals surface area contributed by atoms with E-state index >= 15 is 0 Å². The Morgan fingerprint density at radius 1 is 1.20 bits per heavy atom. The first-order valence-corrected chi connectivity index (χ1v) is 8.24. The highest BCUT2D eigenvalue weighted by molar-refractivity contribution is 6.31. The number of benzene rings is 2. The summed E-state index contributed by atoms with van der Waals surface area (Å²) in [4.78, 5) is 24.0. The second-order valence-electron chi connectivity index (χ2n) is 5.66. The summed E-state index contributed by atoms with van der Waals surface area (Å²) in [5, 5.41) is 3.24. The quantitative estimate of drug-likeness (QED) is 0.779. The fourth-order valence-electron chi connectivity index (χ4n) is 2.18. The van der Waals surface area contributed by atoms with Gasteiger partial charge in [-0.3, -0.25) is 9.59 Å². The SMILES string of the molecule is Cc1c(Cl)cccc1NC(=O)[C@H](C)OC(=O)CCc1ccc(F)cc1. The molecule has 2 aromatic rings. The van der Waals surface area contributed by atoms with Crippen molar-refractivity contribution in [3.05, 3.63) is 64.4 Å². The predicted octanol–water partition coefficient (Wildman–Crippen LogP) is 4.29. The van der Waals surface area contributed by atoms with Gasteiger partial charge in [0.2, 0.25) is 0 Å². The lowest BCUT2D eigenvalue weighted by atomic mass is 10.1. The van der Waals surface area contributed by atoms with Crippen LogP contribution < -0.4 is 5.32 Å². The summed E-state index contributed by atoms with van der Waals surface area (Å²) in [7, 11) is 0. The van der Waals surface area contributed by atoms with Crippen molar-refractivity contribution in [1.29, 1.82) is 0 Å². The Labute approximate surface area is 150 Å². The fourth-order valence-corrected chi connectivity index (χ4v) is 2.36. The normalized spacial score (nSPS) is 11.7. The molecule has 4 nitrogen and oxygen atoms in total. The molecule has 0 bridgehead atoms. The van der Waals surface area contributed by atoms with Gasteiger partial charge in [-0.15, -0.1) is 0 Å². The van der Waals surface area contributed by atoms with Gasteiger partial charge in [-0.1, -0.05) is 29.8 Å². The minimum absolute atomic E-state index is 0.111. The van der Waals surface area contributed by atoms with Crippen molar-refractivity contribution in [2.24, 2.45) is 0 Å². The van der Waals surface area contributed by atoms with Crippen LogP contribution >= 0.6 is 11.6 Å². The van der Waals surface area contributed by atoms with Crippen LogP contribution in [0, 0.1) is 12.7 Å². The molecule has 0 saturated heterocycles. The van der Waals surface area contributed by atoms with Gasteiger partial charge in [-0.2, -0.15) is 0 Å². The Bertz CT molecular complexity index is 762. The molecule has 0 heterocycles. The van der Waals surface area contributed by atoms with Crippen molar-refractivity contribution >= 4 is 29.2 Å². The summed E-state index contributed by atoms with van der Waals surface area (Å²) in [5.74, 6) is -1.25. The van der Waals surface area contributed by atoms with Crippen LogP contribution in [-0.4, -0.2) is 18.0 Å². The van der Waals surface area contributed by atoms with E-state index in [4.69, 9.17) is 16.3 Å². The Hall–Kier alpha value is -2.40. The van der Waals surface area contributed by atoms with Crippen LogP contribution in [0.2, 0.25) is 5.02 Å². The molecule has 0 aliphatic heterocycles. The van der Waals surface area contributed by atoms with Gasteiger partial charge in [0.25, 0.3) is 5.91 Å². The van der Waals surface area contributed by atoms with Crippen LogP contribution in [0.4, 0.5) is 10.1 Å². The van der Waals surface area contributed by atoms with Gasteiger partial charge in [-0.05, 0) is 55.7 Å². The van der Waals surface area contributed by atoms with Gasteiger partial charge in [-0.25, -0.2) is 4.39 Å². The molecule has 0 radical (unpaired) electrons. The summed E-state index contributed by atoms with van der Waals surface area (Å²) < 4.78 is 18.0. The molecule has 25 heavy (non-hydrogen) atoms. The summed E-state index contributed by atoms with van der Waals surface area (Å²) in [5.41, 5.74) is 2.14. The van der Waals surface area contributed by atoms with Crippen molar-refractivity contribution in [2.45, 2.75) is 32.8 Å². The standard InChI is InChI=1S/C19H19ClFNO3/c1-12-16(20)4-3-5-17(12)22-19(24)13(2)25-18(23)11-8-14-6-9-15(21)10-7-14/h3-7,9-10,13H,8,11H2,1-2H3,(H,22,24)/t13-/m0/s1. The molecule has 1 atom stereocenters. The highest BCUT2D eigenvalue weighted by atomic mass is 35.5. The molecule has 0 saturated carbocycles. The molecule has 6 heteroatoms. The number of esters is 1. The number of nitrogens with one attached hydrogen (secondary N) is 1. The average molecular weight is 364 g/mol. The molecule has 1 N–H and O–H groups in total. The van der Waals surface area contributed by atoms with Gasteiger partial charge >= 0.3 is 5.97 Å². The predicted molar refractivity (Wildman–Crippen MR) is 95.1 cm³/mol. The van der Waals surface area contributed by atoms with Crippen LogP contribution in [0.3, 0.4) is 0 Å². The number of ether oxygens (including phenoxy) is 1. The number of anilines is 1. The van der Waals surface area contributed by atoms with Crippen molar-refractivity contribution in [3.8, 4) is 0 Å². The molecule has 0 spiro atoms. The topological polar surface area (TPSA) is 55.4 Å². The van der Waals surface area contributed by atoms with E-state index in [-0.39, 0.29) is 12.2 Å². The average Bonchev–Trinajstić information content (AvgIpc) is 2.58. The van der Waals surface area contributed by atoms with E-state index in [1.165, 1.54) is 19.1 Å². The number of hydrogen-bond acceptors (Lipinski definition) is 3. The molecular weight excluding hydrogens is 345 g/mol. The summed E-state index contributed by atoms with van der Waals surface area (Å²) >= 11 is 6.01. The molecule has 132 valence electrons. The van der Waals surface area contributed by atoms with Crippen LogP contribution in [0.25, 0.3) is 0 Å². The number of rotatable bonds is 6. The summed E-state index contributed by atoms with van der Waals surface area (Å²) in [6.07, 6.45) is -0.403. The zero-order valence-corrected chi connectivity index (χ0v) is 14.8. The van der Waals surface area contributed by atoms with E-state index in [9.17, 15) is 14.0 Å². The lowest BCUT2D eigenvalue weighted by Gasteiger charge is -2.15. The van der Waals surface area contributed by atoms with Crippen molar-refractivity contribution in [1.82, 2.24) is 0 Å². The van der Waals surface area contributed by atoms with E-state index in [0.717, 1.165) is 11.1 Å². The fraction of sp³-hybridized carbons (Fsp3) is 0.263. The van der Waals surface area contributed by atoms with Gasteiger partial charge in [0.1, 0.15) is 5.82 Å². The number of aryl methyl sites for hydroxylation is 1. The van der Waals surface area contributed by atoms with E-state index in [1.807, 2.05) is 0 Å². The first-order valence-electron chi connectivity index (χ1n) is 7.86. The highest BCUT2D eigenvalue weighted by Gasteiger charge is 2.18. The third-order valence-electron chi connectivity index (χ3n) is 3.73. The second kappa shape index (κ2) is 8.62. The maximum Gasteiger partial charge on any atom is 0.306 e. The maximum absolute atomic E-state index is 12.8. The zero-order valence-electron chi connectivity index (χ0n) is 14.0. The number of carbonyl (C=O) groups is 2. The molecule has 2 rings (SSSR count). The van der Waals surface area contributed by atoms with Crippen molar-refractivity contribution in [3.63, 3.8) is 0 Å². The Morgan fingerprint density at radius 3 is 2.56 bits per heavy atom. The number of amides is 1. The molecule has 2 aromatic carbocycles. The minimum Gasteiger partial charge on any atom is -0.453 e. The number of hydrogen-bond donors (Lipinski definition) is 1. The van der Waals surface area contributed by atoms with Crippen molar-refractivity contribution in [2.75, 3.05) is 5.32 Å². The van der Waals surface area contributed by atoms with E-state index in [1.54, 1.807) is 37.3 Å². The minimum atomic E-state index is -0.931. The lowest BCUT2D eigenvalue weighted by Crippen LogP contribution is -2.30. The van der Waals surface area contributed by atoms with Crippen LogP contribution in [0.5, 0.6) is 0 Å². The number of halogens is 2. The van der Waals surface area contributed by atoms with Gasteiger partial charge in [0.05, 0.1) is 0 Å². The largest absolute Gasteiger partial charge is 0.453 e. The van der Waals surface area contributed by atoms with E-state index in [2.05, 4.69) is 5.32 Å². The van der Waals surface area contributed by atoms with Crippen LogP contribution in [0.15, 0.2) is 42.5 Å². The Morgan fingerprint density at radius 2 is 1.88 bits per heavy atom. The van der Waals surface area contributed by atoms with Crippen LogP contribution in [-0.2, 0) is 20.7 Å². The lowest BCUT2D eigenvalue weighted by molar-refractivity contribution is -0.153. The number of carbonyl (C=O) groups excluding carboxylic acids is 2. The first-order chi connectivity index (χ1) is 11.9. The Balaban J connectivity index is 1.84. The van der Waals surface area contributed by atoms with E-state index < -0.39 is 18.0 Å². The molecular formula is C19H19ClFNO3. The zero-order chi connectivity index (χ0) is 18.4. The van der Waals surface area contributed by atoms with Gasteiger partial charge < -0.3 is 10.1 Å². The Kier molecular flexibility index (Phi) is 6.53. The molecule has 0 aliphatic rings. The smallest absolute Gasteiger partial charge is 0.306 e. The monoisotopic (exact) mass is 363 g/mol. The third kappa shape index (κ3) is 5.57. The van der Waals surface area contributed by atoms with E-state index in [0.29, 0.717) is 17.1 Å². The molecule has 0 aromatic heterocycles. The molecule has 0 aliphatic carbocycles. The van der Waals surface area contributed by atoms with Gasteiger partial charge in [0, 0.05) is 17.1 Å². The van der Waals surface area contributed by atoms with Gasteiger partial charge in [0.15, 0.2) is 6.10 Å². The highest BCUT2D eigenvalue weighted by Crippen LogP contribution is 2.23. The first kappa shape index (κ1) is 18.9. The summed E-state index contributed by atoms with van der Waals surface area (Å²) in [6, 6.07) is 11.1. The molecule has 0 fully saturated rings. The summed E-state index contributed by atoms with van der Waals surface area (Å²) in [6.45, 7) is 3.29. The molecule has 0 unspecified atom stereocenters. The molecule has 1 amide bonds. The second-order valence-corrected chi connectivity index (χ2v) is 6.07. The van der Waals surface area contributed by atoms with Crippen LogP contribution in [0.1, 0.15) is 24.5 Å². The third-order valence-corrected chi connectivity index (χ3v) is 4.14. The maximum atomic E-state index is 12.8. The van der Waals surface area contributed by atoms with Crippen molar-refractivity contribution < 1.29 is 18.7 Å².